The van der Waals surface area contributed by atoms with E-state index in [1.807, 2.05) is 50.1 Å². The number of nitrogens with zero attached hydrogens (tertiary/aromatic N) is 3. The van der Waals surface area contributed by atoms with Gasteiger partial charge in [0.2, 0.25) is 5.88 Å². The molecule has 5 nitrogen and oxygen atoms in total. The highest BCUT2D eigenvalue weighted by molar-refractivity contribution is 8.00. The number of rotatable bonds is 3. The van der Waals surface area contributed by atoms with Crippen molar-refractivity contribution >= 4 is 29.7 Å². The zero-order valence-corrected chi connectivity index (χ0v) is 14.9. The molecule has 1 atom stereocenters. The Hall–Kier alpha value is -1.73. The van der Waals surface area contributed by atoms with Gasteiger partial charge in [-0.15, -0.1) is 0 Å². The lowest BCUT2D eigenvalue weighted by atomic mass is 10.2. The first-order valence-electron chi connectivity index (χ1n) is 7.56. The number of para-hydroxylation sites is 1. The molecule has 0 fully saturated rings. The maximum atomic E-state index is 12.9. The molecule has 0 bridgehead atoms. The van der Waals surface area contributed by atoms with Crippen LogP contribution in [-0.2, 0) is 13.1 Å². The van der Waals surface area contributed by atoms with Crippen LogP contribution in [0.25, 0.3) is 0 Å². The summed E-state index contributed by atoms with van der Waals surface area (Å²) in [5.74, 6) is -0.0237. The lowest BCUT2D eigenvalue weighted by molar-refractivity contribution is 0.391. The lowest BCUT2D eigenvalue weighted by Gasteiger charge is -2.24. The van der Waals surface area contributed by atoms with Gasteiger partial charge in [0.1, 0.15) is 10.9 Å². The molecule has 1 aromatic carbocycles. The third-order valence-corrected chi connectivity index (χ3v) is 5.96. The fraction of sp³-hybridized carbons (Fsp3) is 0.375. The summed E-state index contributed by atoms with van der Waals surface area (Å²) in [6, 6.07) is 8.00. The van der Waals surface area contributed by atoms with Crippen LogP contribution in [0.3, 0.4) is 0 Å². The van der Waals surface area contributed by atoms with E-state index in [0.717, 1.165) is 10.6 Å². The average molecular weight is 349 g/mol. The summed E-state index contributed by atoms with van der Waals surface area (Å²) in [7, 11) is 1.94. The van der Waals surface area contributed by atoms with Crippen LogP contribution in [-0.4, -0.2) is 21.3 Å². The van der Waals surface area contributed by atoms with Crippen molar-refractivity contribution in [2.24, 2.45) is 0 Å². The van der Waals surface area contributed by atoms with Crippen LogP contribution in [0, 0.1) is 4.77 Å². The molecule has 1 aliphatic heterocycles. The summed E-state index contributed by atoms with van der Waals surface area (Å²) in [6.45, 7) is 4.80. The molecule has 0 saturated heterocycles. The van der Waals surface area contributed by atoms with E-state index >= 15 is 0 Å². The second-order valence-corrected chi connectivity index (χ2v) is 6.85. The topological polar surface area (TPSA) is 50.4 Å². The van der Waals surface area contributed by atoms with Crippen LogP contribution in [0.1, 0.15) is 24.8 Å². The molecule has 122 valence electrons. The Morgan fingerprint density at radius 1 is 1.22 bits per heavy atom. The molecular weight excluding hydrogens is 330 g/mol. The van der Waals surface area contributed by atoms with Crippen molar-refractivity contribution in [3.05, 3.63) is 45.0 Å². The normalized spacial score (nSPS) is 16.7. The Morgan fingerprint density at radius 3 is 2.48 bits per heavy atom. The van der Waals surface area contributed by atoms with Crippen molar-refractivity contribution in [3.63, 3.8) is 0 Å². The molecule has 2 aromatic rings. The molecule has 0 spiro atoms. The molecule has 0 radical (unpaired) electrons. The van der Waals surface area contributed by atoms with Crippen molar-refractivity contribution in [3.8, 4) is 5.88 Å². The molecule has 1 aliphatic rings. The molecule has 0 amide bonds. The minimum atomic E-state index is -0.258. The summed E-state index contributed by atoms with van der Waals surface area (Å²) in [5, 5.41) is 10.4. The lowest BCUT2D eigenvalue weighted by Crippen LogP contribution is -2.32. The van der Waals surface area contributed by atoms with Gasteiger partial charge in [-0.1, -0.05) is 23.9 Å². The number of hydrogen-bond donors (Lipinski definition) is 1. The zero-order valence-electron chi connectivity index (χ0n) is 13.3. The second-order valence-electron chi connectivity index (χ2n) is 5.36. The van der Waals surface area contributed by atoms with Gasteiger partial charge in [0.05, 0.1) is 5.69 Å². The van der Waals surface area contributed by atoms with E-state index in [1.165, 1.54) is 0 Å². The second kappa shape index (κ2) is 6.05. The number of hydrogen-bond acceptors (Lipinski definition) is 5. The molecule has 0 aliphatic carbocycles. The smallest absolute Gasteiger partial charge is 0.264 e. The third-order valence-electron chi connectivity index (χ3n) is 4.15. The summed E-state index contributed by atoms with van der Waals surface area (Å²) in [5.41, 5.74) is 1.25. The van der Waals surface area contributed by atoms with Gasteiger partial charge in [-0.05, 0) is 38.2 Å². The van der Waals surface area contributed by atoms with E-state index in [1.54, 1.807) is 20.9 Å². The predicted octanol–water partition coefficient (Wildman–Crippen LogP) is 3.37. The highest BCUT2D eigenvalue weighted by atomic mass is 32.2. The fourth-order valence-electron chi connectivity index (χ4n) is 2.92. The fourth-order valence-corrected chi connectivity index (χ4v) is 4.67. The van der Waals surface area contributed by atoms with E-state index in [-0.39, 0.29) is 16.8 Å². The Balaban J connectivity index is 2.23. The van der Waals surface area contributed by atoms with Crippen molar-refractivity contribution in [2.45, 2.75) is 37.2 Å². The van der Waals surface area contributed by atoms with Crippen LogP contribution >= 0.6 is 24.0 Å². The zero-order chi connectivity index (χ0) is 16.7. The highest BCUT2D eigenvalue weighted by Gasteiger charge is 2.34. The minimum Gasteiger partial charge on any atom is -0.494 e. The highest BCUT2D eigenvalue weighted by Crippen LogP contribution is 2.50. The maximum Gasteiger partial charge on any atom is 0.264 e. The molecule has 1 N–H and O–H groups in total. The van der Waals surface area contributed by atoms with E-state index in [9.17, 15) is 9.90 Å². The van der Waals surface area contributed by atoms with Gasteiger partial charge in [0.15, 0.2) is 4.77 Å². The monoisotopic (exact) mass is 349 g/mol. The summed E-state index contributed by atoms with van der Waals surface area (Å²) >= 11 is 6.92. The molecule has 23 heavy (non-hydrogen) atoms. The van der Waals surface area contributed by atoms with Gasteiger partial charge in [-0.25, -0.2) is 0 Å². The standard InChI is InChI=1S/C16H19N3O2S2/c1-4-18-13(20)12(14(21)19(5-2)16(18)22)15-17(3)10-8-6-7-9-11(10)23-15/h6-9,15,20H,4-5H2,1-3H3. The van der Waals surface area contributed by atoms with Gasteiger partial charge < -0.3 is 10.0 Å². The molecule has 3 rings (SSSR count). The molecule has 0 saturated carbocycles. The number of thioether (sulfide) groups is 1. The first kappa shape index (κ1) is 16.1. The number of benzene rings is 1. The first-order valence-corrected chi connectivity index (χ1v) is 8.85. The van der Waals surface area contributed by atoms with Gasteiger partial charge in [-0.2, -0.15) is 0 Å². The van der Waals surface area contributed by atoms with Crippen molar-refractivity contribution < 1.29 is 5.11 Å². The molecular formula is C16H19N3O2S2. The number of aromatic hydroxyl groups is 1. The van der Waals surface area contributed by atoms with Gasteiger partial charge in [-0.3, -0.25) is 13.9 Å². The first-order chi connectivity index (χ1) is 11.0. The van der Waals surface area contributed by atoms with Crippen LogP contribution in [0.4, 0.5) is 5.69 Å². The summed E-state index contributed by atoms with van der Waals surface area (Å²) in [6.07, 6.45) is 0. The van der Waals surface area contributed by atoms with Crippen LogP contribution < -0.4 is 10.5 Å². The quantitative estimate of drug-likeness (QED) is 0.861. The van der Waals surface area contributed by atoms with Crippen molar-refractivity contribution in [2.75, 3.05) is 11.9 Å². The van der Waals surface area contributed by atoms with Crippen LogP contribution in [0.2, 0.25) is 0 Å². The molecule has 7 heteroatoms. The maximum absolute atomic E-state index is 12.9. The average Bonchev–Trinajstić information content (AvgIpc) is 2.86. The minimum absolute atomic E-state index is 0.0237. The Kier molecular flexibility index (Phi) is 4.25. The number of anilines is 1. The number of aromatic nitrogens is 2. The SMILES string of the molecule is CCn1c(O)c(C2Sc3ccccc3N2C)c(=O)n(CC)c1=S. The Morgan fingerprint density at radius 2 is 1.87 bits per heavy atom. The molecule has 1 aromatic heterocycles. The summed E-state index contributed by atoms with van der Waals surface area (Å²) in [4.78, 5) is 16.0. The van der Waals surface area contributed by atoms with E-state index in [2.05, 4.69) is 0 Å². The summed E-state index contributed by atoms with van der Waals surface area (Å²) < 4.78 is 3.53. The van der Waals surface area contributed by atoms with E-state index in [0.29, 0.717) is 23.4 Å². The molecule has 1 unspecified atom stereocenters. The predicted molar refractivity (Wildman–Crippen MR) is 96.0 cm³/mol. The van der Waals surface area contributed by atoms with Crippen LogP contribution in [0.15, 0.2) is 34.0 Å². The largest absolute Gasteiger partial charge is 0.494 e. The van der Waals surface area contributed by atoms with Crippen LogP contribution in [0.5, 0.6) is 5.88 Å². The van der Waals surface area contributed by atoms with E-state index in [4.69, 9.17) is 12.2 Å². The van der Waals surface area contributed by atoms with Crippen molar-refractivity contribution in [1.82, 2.24) is 9.13 Å². The van der Waals surface area contributed by atoms with Crippen molar-refractivity contribution in [1.29, 1.82) is 0 Å². The number of fused-ring (bicyclic) bond motifs is 1. The Labute approximate surface area is 144 Å². The third kappa shape index (κ3) is 2.38. The molecule has 2 heterocycles. The Bertz CT molecular complexity index is 873. The van der Waals surface area contributed by atoms with Gasteiger partial charge in [0, 0.05) is 25.0 Å². The van der Waals surface area contributed by atoms with Gasteiger partial charge in [0.25, 0.3) is 5.56 Å². The van der Waals surface area contributed by atoms with Gasteiger partial charge >= 0.3 is 0 Å². The van der Waals surface area contributed by atoms with E-state index < -0.39 is 0 Å².